The van der Waals surface area contributed by atoms with E-state index in [-0.39, 0.29) is 33.2 Å². The van der Waals surface area contributed by atoms with E-state index in [2.05, 4.69) is 10.1 Å². The van der Waals surface area contributed by atoms with Crippen molar-refractivity contribution in [3.05, 3.63) is 57.4 Å². The molecule has 0 spiro atoms. The second-order valence-corrected chi connectivity index (χ2v) is 7.50. The number of carbonyl (C=O) groups is 3. The SMILES string of the molecule is COC(=O)c1sc(N)c(C(=O)OC)c1COC(=O)c1ccc(-n2nc(C)cc2C)nc1. The minimum atomic E-state index is -0.745. The Morgan fingerprint density at radius 1 is 1.10 bits per heavy atom. The molecule has 0 fully saturated rings. The van der Waals surface area contributed by atoms with Crippen molar-refractivity contribution in [3.8, 4) is 5.82 Å². The average Bonchev–Trinajstić information content (AvgIpc) is 3.28. The Kier molecular flexibility index (Phi) is 6.35. The Morgan fingerprint density at radius 3 is 2.35 bits per heavy atom. The van der Waals surface area contributed by atoms with Gasteiger partial charge in [-0.25, -0.2) is 24.0 Å². The molecule has 162 valence electrons. The van der Waals surface area contributed by atoms with Gasteiger partial charge in [0.25, 0.3) is 0 Å². The molecule has 0 unspecified atom stereocenters. The first-order chi connectivity index (χ1) is 14.8. The average molecular weight is 444 g/mol. The van der Waals surface area contributed by atoms with Crippen molar-refractivity contribution in [2.45, 2.75) is 20.5 Å². The summed E-state index contributed by atoms with van der Waals surface area (Å²) in [7, 11) is 2.38. The summed E-state index contributed by atoms with van der Waals surface area (Å²) in [6, 6.07) is 5.10. The minimum Gasteiger partial charge on any atom is -0.465 e. The number of rotatable bonds is 6. The van der Waals surface area contributed by atoms with E-state index in [1.807, 2.05) is 19.9 Å². The number of aromatic nitrogens is 3. The fourth-order valence-corrected chi connectivity index (χ4v) is 3.90. The van der Waals surface area contributed by atoms with E-state index in [0.29, 0.717) is 5.82 Å². The number of nitrogens with two attached hydrogens (primary N) is 1. The molecule has 0 aliphatic carbocycles. The molecule has 3 rings (SSSR count). The molecule has 0 aliphatic rings. The molecule has 10 nitrogen and oxygen atoms in total. The van der Waals surface area contributed by atoms with Crippen LogP contribution in [0.2, 0.25) is 0 Å². The molecule has 0 saturated carbocycles. The van der Waals surface area contributed by atoms with Gasteiger partial charge in [0.15, 0.2) is 5.82 Å². The van der Waals surface area contributed by atoms with E-state index >= 15 is 0 Å². The van der Waals surface area contributed by atoms with Crippen molar-refractivity contribution in [1.82, 2.24) is 14.8 Å². The molecule has 11 heteroatoms. The molecule has 0 aromatic carbocycles. The van der Waals surface area contributed by atoms with Gasteiger partial charge in [0, 0.05) is 17.5 Å². The predicted molar refractivity (Wildman–Crippen MR) is 111 cm³/mol. The Labute approximate surface area is 181 Å². The lowest BCUT2D eigenvalue weighted by atomic mass is 10.1. The van der Waals surface area contributed by atoms with Gasteiger partial charge >= 0.3 is 17.9 Å². The fraction of sp³-hybridized carbons (Fsp3) is 0.250. The van der Waals surface area contributed by atoms with Crippen LogP contribution in [-0.2, 0) is 20.8 Å². The molecule has 2 N–H and O–H groups in total. The Balaban J connectivity index is 1.81. The van der Waals surface area contributed by atoms with Crippen molar-refractivity contribution >= 4 is 34.2 Å². The third-order valence-corrected chi connectivity index (χ3v) is 5.39. The normalized spacial score (nSPS) is 10.6. The maximum absolute atomic E-state index is 12.5. The van der Waals surface area contributed by atoms with Crippen LogP contribution in [0, 0.1) is 13.8 Å². The molecule has 0 radical (unpaired) electrons. The molecule has 3 heterocycles. The lowest BCUT2D eigenvalue weighted by molar-refractivity contribution is 0.0452. The first-order valence-corrected chi connectivity index (χ1v) is 9.83. The van der Waals surface area contributed by atoms with E-state index in [1.54, 1.807) is 16.8 Å². The van der Waals surface area contributed by atoms with Gasteiger partial charge in [-0.2, -0.15) is 5.10 Å². The van der Waals surface area contributed by atoms with Crippen LogP contribution in [0.15, 0.2) is 24.4 Å². The summed E-state index contributed by atoms with van der Waals surface area (Å²) in [5.41, 5.74) is 7.90. The van der Waals surface area contributed by atoms with Gasteiger partial charge in [0.2, 0.25) is 0 Å². The molecule has 3 aromatic heterocycles. The Morgan fingerprint density at radius 2 is 1.81 bits per heavy atom. The molecule has 3 aromatic rings. The van der Waals surface area contributed by atoms with E-state index < -0.39 is 17.9 Å². The van der Waals surface area contributed by atoms with Gasteiger partial charge < -0.3 is 19.9 Å². The van der Waals surface area contributed by atoms with Crippen LogP contribution in [0.1, 0.15) is 47.3 Å². The smallest absolute Gasteiger partial charge is 0.348 e. The third kappa shape index (κ3) is 4.40. The van der Waals surface area contributed by atoms with Crippen LogP contribution in [-0.4, -0.2) is 46.9 Å². The van der Waals surface area contributed by atoms with E-state index in [9.17, 15) is 14.4 Å². The fourth-order valence-electron chi connectivity index (χ4n) is 2.92. The highest BCUT2D eigenvalue weighted by Crippen LogP contribution is 2.33. The number of hydrogen-bond donors (Lipinski definition) is 1. The van der Waals surface area contributed by atoms with Gasteiger partial charge in [-0.3, -0.25) is 0 Å². The molecular formula is C20H20N4O6S. The molecular weight excluding hydrogens is 424 g/mol. The standard InChI is InChI=1S/C20H20N4O6S/c1-10-7-11(2)24(23-10)14-6-5-12(8-22-14)18(25)30-9-13-15(19(26)28-3)17(21)31-16(13)20(27)29-4/h5-8H,9,21H2,1-4H3. The predicted octanol–water partition coefficient (Wildman–Crippen LogP) is 2.46. The highest BCUT2D eigenvalue weighted by molar-refractivity contribution is 7.18. The second kappa shape index (κ2) is 8.96. The zero-order valence-corrected chi connectivity index (χ0v) is 18.1. The van der Waals surface area contributed by atoms with Crippen molar-refractivity contribution in [2.24, 2.45) is 0 Å². The van der Waals surface area contributed by atoms with Crippen molar-refractivity contribution in [1.29, 1.82) is 0 Å². The van der Waals surface area contributed by atoms with Crippen LogP contribution in [0.3, 0.4) is 0 Å². The summed E-state index contributed by atoms with van der Waals surface area (Å²) in [4.78, 5) is 41.0. The maximum atomic E-state index is 12.5. The minimum absolute atomic E-state index is 0.0290. The first kappa shape index (κ1) is 22.0. The van der Waals surface area contributed by atoms with Crippen LogP contribution >= 0.6 is 11.3 Å². The van der Waals surface area contributed by atoms with Crippen LogP contribution in [0.5, 0.6) is 0 Å². The Bertz CT molecular complexity index is 1150. The molecule has 0 saturated heterocycles. The summed E-state index contributed by atoms with van der Waals surface area (Å²) in [6.07, 6.45) is 1.36. The van der Waals surface area contributed by atoms with Crippen molar-refractivity contribution in [2.75, 3.05) is 20.0 Å². The number of hydrogen-bond acceptors (Lipinski definition) is 10. The lowest BCUT2D eigenvalue weighted by Gasteiger charge is -2.08. The van der Waals surface area contributed by atoms with Crippen molar-refractivity contribution in [3.63, 3.8) is 0 Å². The van der Waals surface area contributed by atoms with Gasteiger partial charge in [0.1, 0.15) is 22.0 Å². The first-order valence-electron chi connectivity index (χ1n) is 9.01. The quantitative estimate of drug-likeness (QED) is 0.449. The largest absolute Gasteiger partial charge is 0.465 e. The van der Waals surface area contributed by atoms with Crippen LogP contribution in [0.25, 0.3) is 5.82 Å². The number of nitrogen functional groups attached to an aromatic ring is 1. The maximum Gasteiger partial charge on any atom is 0.348 e. The summed E-state index contributed by atoms with van der Waals surface area (Å²) < 4.78 is 16.4. The number of esters is 3. The second-order valence-electron chi connectivity index (χ2n) is 6.45. The number of aryl methyl sites for hydroxylation is 2. The summed E-state index contributed by atoms with van der Waals surface area (Å²) in [5, 5.41) is 4.41. The summed E-state index contributed by atoms with van der Waals surface area (Å²) in [5.74, 6) is -1.59. The number of methoxy groups -OCH3 is 2. The lowest BCUT2D eigenvalue weighted by Crippen LogP contribution is -2.13. The van der Waals surface area contributed by atoms with E-state index in [1.165, 1.54) is 20.4 Å². The number of anilines is 1. The number of nitrogens with zero attached hydrogens (tertiary/aromatic N) is 3. The topological polar surface area (TPSA) is 136 Å². The van der Waals surface area contributed by atoms with Crippen LogP contribution < -0.4 is 5.73 Å². The highest BCUT2D eigenvalue weighted by Gasteiger charge is 2.28. The summed E-state index contributed by atoms with van der Waals surface area (Å²) in [6.45, 7) is 3.40. The number of thiophene rings is 1. The van der Waals surface area contributed by atoms with E-state index in [0.717, 1.165) is 22.7 Å². The van der Waals surface area contributed by atoms with Crippen molar-refractivity contribution < 1.29 is 28.6 Å². The Hall–Kier alpha value is -3.73. The van der Waals surface area contributed by atoms with Gasteiger partial charge in [-0.05, 0) is 32.0 Å². The summed E-state index contributed by atoms with van der Waals surface area (Å²) >= 11 is 0.857. The molecule has 0 atom stereocenters. The zero-order chi connectivity index (χ0) is 22.7. The molecule has 0 bridgehead atoms. The monoisotopic (exact) mass is 444 g/mol. The number of ether oxygens (including phenoxy) is 3. The van der Waals surface area contributed by atoms with Gasteiger partial charge in [0.05, 0.1) is 25.5 Å². The number of carbonyl (C=O) groups excluding carboxylic acids is 3. The molecule has 31 heavy (non-hydrogen) atoms. The van der Waals surface area contributed by atoms with Gasteiger partial charge in [-0.15, -0.1) is 11.3 Å². The molecule has 0 aliphatic heterocycles. The number of pyridine rings is 1. The highest BCUT2D eigenvalue weighted by atomic mass is 32.1. The third-order valence-electron chi connectivity index (χ3n) is 4.35. The molecule has 0 amide bonds. The van der Waals surface area contributed by atoms with E-state index in [4.69, 9.17) is 19.9 Å². The van der Waals surface area contributed by atoms with Crippen LogP contribution in [0.4, 0.5) is 5.00 Å². The van der Waals surface area contributed by atoms with Gasteiger partial charge in [-0.1, -0.05) is 0 Å². The zero-order valence-electron chi connectivity index (χ0n) is 17.3.